The van der Waals surface area contributed by atoms with Gasteiger partial charge in [0.1, 0.15) is 5.75 Å². The monoisotopic (exact) mass is 280 g/mol. The van der Waals surface area contributed by atoms with E-state index in [0.717, 1.165) is 17.7 Å². The number of hydrogen-bond donors (Lipinski definition) is 2. The van der Waals surface area contributed by atoms with Gasteiger partial charge in [-0.05, 0) is 31.0 Å². The molecule has 0 atom stereocenters. The van der Waals surface area contributed by atoms with Crippen molar-refractivity contribution in [1.82, 2.24) is 10.6 Å². The third kappa shape index (κ3) is 6.08. The van der Waals surface area contributed by atoms with E-state index in [1.165, 1.54) is 0 Å². The standard InChI is InChI=1S/C14H20N2O4/c1-3-20-14(18)16-10-13(17)15-9-8-11-4-6-12(19-2)7-5-11/h4-7H,3,8-10H2,1-2H3,(H,15,17)(H,16,18). The van der Waals surface area contributed by atoms with Crippen LogP contribution in [0.1, 0.15) is 12.5 Å². The van der Waals surface area contributed by atoms with Crippen molar-refractivity contribution in [1.29, 1.82) is 0 Å². The van der Waals surface area contributed by atoms with E-state index < -0.39 is 6.09 Å². The van der Waals surface area contributed by atoms with Gasteiger partial charge in [0.15, 0.2) is 0 Å². The second-order valence-corrected chi connectivity index (χ2v) is 4.02. The van der Waals surface area contributed by atoms with E-state index in [4.69, 9.17) is 4.74 Å². The molecule has 0 heterocycles. The van der Waals surface area contributed by atoms with Crippen LogP contribution in [0.5, 0.6) is 5.75 Å². The second kappa shape index (κ2) is 8.79. The van der Waals surface area contributed by atoms with Crippen molar-refractivity contribution in [2.45, 2.75) is 13.3 Å². The normalized spacial score (nSPS) is 9.70. The van der Waals surface area contributed by atoms with Crippen LogP contribution in [-0.4, -0.2) is 38.8 Å². The maximum Gasteiger partial charge on any atom is 0.407 e. The zero-order valence-corrected chi connectivity index (χ0v) is 11.8. The Bertz CT molecular complexity index is 431. The predicted octanol–water partition coefficient (Wildman–Crippen LogP) is 1.10. The van der Waals surface area contributed by atoms with E-state index in [2.05, 4.69) is 15.4 Å². The smallest absolute Gasteiger partial charge is 0.407 e. The molecular formula is C14H20N2O4. The Morgan fingerprint density at radius 2 is 1.85 bits per heavy atom. The lowest BCUT2D eigenvalue weighted by atomic mass is 10.1. The summed E-state index contributed by atoms with van der Waals surface area (Å²) < 4.78 is 9.71. The molecule has 2 amide bonds. The average molecular weight is 280 g/mol. The number of methoxy groups -OCH3 is 1. The first kappa shape index (κ1) is 15.8. The summed E-state index contributed by atoms with van der Waals surface area (Å²) in [6.07, 6.45) is 0.132. The molecule has 2 N–H and O–H groups in total. The maximum atomic E-state index is 11.4. The highest BCUT2D eigenvalue weighted by atomic mass is 16.5. The molecule has 0 saturated heterocycles. The highest BCUT2D eigenvalue weighted by Crippen LogP contribution is 2.11. The third-order valence-corrected chi connectivity index (χ3v) is 2.56. The lowest BCUT2D eigenvalue weighted by Gasteiger charge is -2.07. The molecule has 0 aliphatic heterocycles. The molecule has 0 unspecified atom stereocenters. The SMILES string of the molecule is CCOC(=O)NCC(=O)NCCc1ccc(OC)cc1. The van der Waals surface area contributed by atoms with Crippen molar-refractivity contribution in [2.24, 2.45) is 0 Å². The molecule has 0 radical (unpaired) electrons. The van der Waals surface area contributed by atoms with Gasteiger partial charge in [-0.1, -0.05) is 12.1 Å². The van der Waals surface area contributed by atoms with Crippen LogP contribution in [-0.2, 0) is 16.0 Å². The minimum atomic E-state index is -0.585. The van der Waals surface area contributed by atoms with Gasteiger partial charge in [-0.25, -0.2) is 4.79 Å². The predicted molar refractivity (Wildman–Crippen MR) is 74.7 cm³/mol. The summed E-state index contributed by atoms with van der Waals surface area (Å²) in [7, 11) is 1.62. The molecule has 1 aromatic rings. The molecule has 0 fully saturated rings. The van der Waals surface area contributed by atoms with Gasteiger partial charge in [0.05, 0.1) is 20.3 Å². The van der Waals surface area contributed by atoms with Gasteiger partial charge in [0.2, 0.25) is 5.91 Å². The van der Waals surface area contributed by atoms with Crippen LogP contribution in [0.15, 0.2) is 24.3 Å². The summed E-state index contributed by atoms with van der Waals surface area (Å²) in [4.78, 5) is 22.4. The Hall–Kier alpha value is -2.24. The Morgan fingerprint density at radius 1 is 1.15 bits per heavy atom. The number of nitrogens with one attached hydrogen (secondary N) is 2. The molecule has 6 heteroatoms. The van der Waals surface area contributed by atoms with Gasteiger partial charge in [0.25, 0.3) is 0 Å². The second-order valence-electron chi connectivity index (χ2n) is 4.02. The van der Waals surface area contributed by atoms with Crippen LogP contribution in [0.2, 0.25) is 0 Å². The van der Waals surface area contributed by atoms with Crippen LogP contribution in [0.4, 0.5) is 4.79 Å². The van der Waals surface area contributed by atoms with Gasteiger partial charge in [-0.3, -0.25) is 4.79 Å². The number of ether oxygens (including phenoxy) is 2. The number of benzene rings is 1. The summed E-state index contributed by atoms with van der Waals surface area (Å²) >= 11 is 0. The lowest BCUT2D eigenvalue weighted by Crippen LogP contribution is -2.37. The molecule has 1 aromatic carbocycles. The number of hydrogen-bond acceptors (Lipinski definition) is 4. The largest absolute Gasteiger partial charge is 0.497 e. The van der Waals surface area contributed by atoms with Crippen LogP contribution in [0.3, 0.4) is 0 Å². The van der Waals surface area contributed by atoms with Crippen molar-refractivity contribution < 1.29 is 19.1 Å². The molecule has 110 valence electrons. The summed E-state index contributed by atoms with van der Waals surface area (Å²) in [6.45, 7) is 2.41. The zero-order valence-electron chi connectivity index (χ0n) is 11.8. The molecule has 0 aliphatic rings. The molecule has 0 bridgehead atoms. The zero-order chi connectivity index (χ0) is 14.8. The van der Waals surface area contributed by atoms with Crippen molar-refractivity contribution in [3.05, 3.63) is 29.8 Å². The van der Waals surface area contributed by atoms with Crippen LogP contribution in [0.25, 0.3) is 0 Å². The van der Waals surface area contributed by atoms with E-state index in [1.54, 1.807) is 14.0 Å². The van der Waals surface area contributed by atoms with E-state index >= 15 is 0 Å². The number of rotatable bonds is 7. The first-order valence-corrected chi connectivity index (χ1v) is 6.46. The molecule has 6 nitrogen and oxygen atoms in total. The number of carbonyl (C=O) groups excluding carboxylic acids is 2. The number of amides is 2. The van der Waals surface area contributed by atoms with Gasteiger partial charge in [-0.2, -0.15) is 0 Å². The first-order valence-electron chi connectivity index (χ1n) is 6.46. The highest BCUT2D eigenvalue weighted by molar-refractivity contribution is 5.82. The van der Waals surface area contributed by atoms with Crippen molar-refractivity contribution >= 4 is 12.0 Å². The molecule has 0 aliphatic carbocycles. The quantitative estimate of drug-likeness (QED) is 0.784. The van der Waals surface area contributed by atoms with Crippen molar-refractivity contribution in [3.8, 4) is 5.75 Å². The van der Waals surface area contributed by atoms with E-state index in [0.29, 0.717) is 6.54 Å². The summed E-state index contributed by atoms with van der Waals surface area (Å²) in [6, 6.07) is 7.64. The van der Waals surface area contributed by atoms with E-state index in [-0.39, 0.29) is 19.1 Å². The fraction of sp³-hybridized carbons (Fsp3) is 0.429. The van der Waals surface area contributed by atoms with Gasteiger partial charge in [0, 0.05) is 6.54 Å². The van der Waals surface area contributed by atoms with E-state index in [1.807, 2.05) is 24.3 Å². The topological polar surface area (TPSA) is 76.7 Å². The van der Waals surface area contributed by atoms with Gasteiger partial charge < -0.3 is 20.1 Å². The number of carbonyl (C=O) groups is 2. The van der Waals surface area contributed by atoms with Gasteiger partial charge in [-0.15, -0.1) is 0 Å². The van der Waals surface area contributed by atoms with Crippen molar-refractivity contribution in [2.75, 3.05) is 26.8 Å². The van der Waals surface area contributed by atoms with Crippen LogP contribution < -0.4 is 15.4 Å². The third-order valence-electron chi connectivity index (χ3n) is 2.56. The lowest BCUT2D eigenvalue weighted by molar-refractivity contribution is -0.120. The molecular weight excluding hydrogens is 260 g/mol. The summed E-state index contributed by atoms with van der Waals surface area (Å²) in [5.74, 6) is 0.558. The Kier molecular flexibility index (Phi) is 6.95. The summed E-state index contributed by atoms with van der Waals surface area (Å²) in [5, 5.41) is 5.07. The fourth-order valence-electron chi connectivity index (χ4n) is 1.54. The maximum absolute atomic E-state index is 11.4. The first-order chi connectivity index (χ1) is 9.65. The molecule has 20 heavy (non-hydrogen) atoms. The summed E-state index contributed by atoms with van der Waals surface area (Å²) in [5.41, 5.74) is 1.10. The van der Waals surface area contributed by atoms with E-state index in [9.17, 15) is 9.59 Å². The molecule has 0 spiro atoms. The highest BCUT2D eigenvalue weighted by Gasteiger charge is 2.04. The Morgan fingerprint density at radius 3 is 2.45 bits per heavy atom. The molecule has 0 saturated carbocycles. The average Bonchev–Trinajstić information content (AvgIpc) is 2.46. The fourth-order valence-corrected chi connectivity index (χ4v) is 1.54. The van der Waals surface area contributed by atoms with Crippen LogP contribution in [0, 0.1) is 0 Å². The minimum Gasteiger partial charge on any atom is -0.497 e. The molecule has 0 aromatic heterocycles. The molecule has 1 rings (SSSR count). The Balaban J connectivity index is 2.19. The van der Waals surface area contributed by atoms with Gasteiger partial charge >= 0.3 is 6.09 Å². The van der Waals surface area contributed by atoms with Crippen molar-refractivity contribution in [3.63, 3.8) is 0 Å². The number of alkyl carbamates (subject to hydrolysis) is 1. The Labute approximate surface area is 118 Å². The van der Waals surface area contributed by atoms with Crippen LogP contribution >= 0.6 is 0 Å². The minimum absolute atomic E-state index is 0.0819.